The van der Waals surface area contributed by atoms with Gasteiger partial charge in [0.05, 0.1) is 6.61 Å². The fraction of sp³-hybridized carbons (Fsp3) is 0.588. The van der Waals surface area contributed by atoms with Crippen LogP contribution in [-0.4, -0.2) is 19.1 Å². The van der Waals surface area contributed by atoms with Gasteiger partial charge in [0.15, 0.2) is 0 Å². The Morgan fingerprint density at radius 3 is 2.68 bits per heavy atom. The molecule has 0 heterocycles. The molecule has 0 spiro atoms. The first-order valence-electron chi connectivity index (χ1n) is 7.84. The Bertz CT molecular complexity index is 450. The van der Waals surface area contributed by atoms with E-state index in [1.54, 1.807) is 0 Å². The summed E-state index contributed by atoms with van der Waals surface area (Å²) in [5, 5.41) is 14.4. The molecule has 2 atom stereocenters. The first-order valence-corrected chi connectivity index (χ1v) is 7.84. The molecule has 1 saturated carbocycles. The van der Waals surface area contributed by atoms with Crippen LogP contribution >= 0.6 is 0 Å². The average molecular weight is 313 g/mol. The van der Waals surface area contributed by atoms with Gasteiger partial charge in [-0.1, -0.05) is 25.5 Å². The van der Waals surface area contributed by atoms with Crippen molar-refractivity contribution in [1.29, 1.82) is 0 Å². The Kier molecular flexibility index (Phi) is 9.10. The van der Waals surface area contributed by atoms with Crippen LogP contribution in [0.2, 0.25) is 0 Å². The summed E-state index contributed by atoms with van der Waals surface area (Å²) >= 11 is 0. The van der Waals surface area contributed by atoms with Gasteiger partial charge >= 0.3 is 29.6 Å². The molecule has 0 unspecified atom stereocenters. The normalized spacial score (nSPS) is 20.4. The second kappa shape index (κ2) is 10.3. The largest absolute Gasteiger partial charge is 1.00 e. The van der Waals surface area contributed by atoms with Gasteiger partial charge in [-0.3, -0.25) is 0 Å². The third-order valence-corrected chi connectivity index (χ3v) is 4.09. The van der Waals surface area contributed by atoms with Crippen LogP contribution in [0.5, 0.6) is 5.75 Å². The van der Waals surface area contributed by atoms with Gasteiger partial charge in [-0.25, -0.2) is 0 Å². The monoisotopic (exact) mass is 313 g/mol. The molecule has 1 aliphatic carbocycles. The van der Waals surface area contributed by atoms with Crippen molar-refractivity contribution in [3.8, 4) is 5.75 Å². The van der Waals surface area contributed by atoms with Crippen molar-refractivity contribution >= 4 is 5.97 Å². The number of aliphatic carboxylic acids is 1. The van der Waals surface area contributed by atoms with E-state index in [0.717, 1.165) is 51.1 Å². The summed E-state index contributed by atoms with van der Waals surface area (Å²) in [6.07, 6.45) is 3.74. The van der Waals surface area contributed by atoms with E-state index in [2.05, 4.69) is 12.2 Å². The fourth-order valence-corrected chi connectivity index (χ4v) is 2.92. The van der Waals surface area contributed by atoms with Crippen LogP contribution in [0.15, 0.2) is 24.3 Å². The number of carbonyl (C=O) groups is 1. The maximum atomic E-state index is 11.0. The first kappa shape index (κ1) is 19.5. The number of benzene rings is 1. The van der Waals surface area contributed by atoms with Crippen LogP contribution in [0.1, 0.15) is 38.2 Å². The summed E-state index contributed by atoms with van der Waals surface area (Å²) in [6, 6.07) is 8.05. The Morgan fingerprint density at radius 2 is 2.05 bits per heavy atom. The zero-order chi connectivity index (χ0) is 15.1. The van der Waals surface area contributed by atoms with Gasteiger partial charge in [-0.05, 0) is 49.4 Å². The van der Waals surface area contributed by atoms with Crippen molar-refractivity contribution in [2.75, 3.05) is 13.2 Å². The zero-order valence-electron chi connectivity index (χ0n) is 13.6. The minimum absolute atomic E-state index is 0. The van der Waals surface area contributed by atoms with Gasteiger partial charge < -0.3 is 20.0 Å². The summed E-state index contributed by atoms with van der Waals surface area (Å²) in [7, 11) is 0. The molecule has 0 aromatic heterocycles. The number of nitrogens with one attached hydrogen (secondary N) is 1. The van der Waals surface area contributed by atoms with Gasteiger partial charge in [0, 0.05) is 18.4 Å². The van der Waals surface area contributed by atoms with Crippen molar-refractivity contribution in [3.05, 3.63) is 29.8 Å². The molecule has 0 radical (unpaired) electrons. The molecule has 0 aliphatic heterocycles. The second-order valence-corrected chi connectivity index (χ2v) is 5.74. The minimum atomic E-state index is -0.892. The molecular weight excluding hydrogens is 289 g/mol. The summed E-state index contributed by atoms with van der Waals surface area (Å²) < 4.78 is 5.54. The third kappa shape index (κ3) is 5.92. The van der Waals surface area contributed by atoms with Gasteiger partial charge in [0.25, 0.3) is 0 Å². The molecule has 1 fully saturated rings. The summed E-state index contributed by atoms with van der Waals surface area (Å²) in [6.45, 7) is 4.32. The molecule has 5 heteroatoms. The molecule has 1 aliphatic rings. The van der Waals surface area contributed by atoms with Crippen molar-refractivity contribution in [2.45, 2.75) is 39.2 Å². The van der Waals surface area contributed by atoms with Crippen LogP contribution in [0.4, 0.5) is 0 Å². The second-order valence-electron chi connectivity index (χ2n) is 5.74. The number of carboxylic acids is 1. The van der Waals surface area contributed by atoms with Gasteiger partial charge in [0.1, 0.15) is 5.75 Å². The number of hydrogen-bond acceptors (Lipinski definition) is 4. The molecule has 4 nitrogen and oxygen atoms in total. The molecule has 2 rings (SSSR count). The van der Waals surface area contributed by atoms with Crippen LogP contribution in [0.3, 0.4) is 0 Å². The summed E-state index contributed by atoms with van der Waals surface area (Å²) in [5.41, 5.74) is 1.18. The number of ether oxygens (including phenoxy) is 1. The summed E-state index contributed by atoms with van der Waals surface area (Å²) in [5.74, 6) is -0.0605. The van der Waals surface area contributed by atoms with E-state index < -0.39 is 5.97 Å². The average Bonchev–Trinajstić information content (AvgIpc) is 2.95. The quantitative estimate of drug-likeness (QED) is 0.608. The van der Waals surface area contributed by atoms with E-state index in [4.69, 9.17) is 4.74 Å². The van der Waals surface area contributed by atoms with Gasteiger partial charge in [0.2, 0.25) is 0 Å². The number of hydrogen-bond donors (Lipinski definition) is 1. The molecule has 1 aromatic rings. The van der Waals surface area contributed by atoms with Crippen LogP contribution in [0.25, 0.3) is 0 Å². The predicted molar refractivity (Wildman–Crippen MR) is 79.8 cm³/mol. The molecule has 0 saturated heterocycles. The number of carboxylic acid groups (broad SMARTS) is 1. The van der Waals surface area contributed by atoms with Gasteiger partial charge in [-0.15, -0.1) is 0 Å². The molecule has 1 N–H and O–H groups in total. The van der Waals surface area contributed by atoms with Crippen molar-refractivity contribution in [1.82, 2.24) is 5.32 Å². The molecule has 116 valence electrons. The maximum Gasteiger partial charge on any atom is 1.00 e. The third-order valence-electron chi connectivity index (χ3n) is 4.09. The predicted octanol–water partition coefficient (Wildman–Crippen LogP) is -1.26. The Morgan fingerprint density at radius 1 is 1.32 bits per heavy atom. The van der Waals surface area contributed by atoms with Crippen molar-refractivity contribution in [2.24, 2.45) is 11.8 Å². The first-order chi connectivity index (χ1) is 10.2. The minimum Gasteiger partial charge on any atom is -0.550 e. The van der Waals surface area contributed by atoms with Crippen LogP contribution < -0.4 is 44.7 Å². The van der Waals surface area contributed by atoms with E-state index in [9.17, 15) is 9.90 Å². The SMILES string of the molecule is CCCOc1ccc(CNC[C@H]2CCC[C@H]2C(=O)[O-])cc1.[Na+]. The Hall–Kier alpha value is -0.550. The van der Waals surface area contributed by atoms with Crippen molar-refractivity contribution in [3.63, 3.8) is 0 Å². The van der Waals surface area contributed by atoms with Crippen LogP contribution in [0, 0.1) is 11.8 Å². The topological polar surface area (TPSA) is 61.4 Å². The van der Waals surface area contributed by atoms with Gasteiger partial charge in [-0.2, -0.15) is 0 Å². The zero-order valence-corrected chi connectivity index (χ0v) is 15.6. The number of carbonyl (C=O) groups excluding carboxylic acids is 1. The van der Waals surface area contributed by atoms with E-state index in [1.165, 1.54) is 5.56 Å². The molecule has 0 bridgehead atoms. The smallest absolute Gasteiger partial charge is 0.550 e. The molecule has 0 amide bonds. The fourth-order valence-electron chi connectivity index (χ4n) is 2.92. The Labute approximate surface area is 154 Å². The van der Waals surface area contributed by atoms with E-state index in [1.807, 2.05) is 24.3 Å². The van der Waals surface area contributed by atoms with E-state index in [-0.39, 0.29) is 41.4 Å². The molecule has 22 heavy (non-hydrogen) atoms. The van der Waals surface area contributed by atoms with Crippen molar-refractivity contribution < 1.29 is 44.2 Å². The Balaban J connectivity index is 0.00000242. The van der Waals surface area contributed by atoms with E-state index in [0.29, 0.717) is 0 Å². The van der Waals surface area contributed by atoms with Crippen LogP contribution in [-0.2, 0) is 11.3 Å². The van der Waals surface area contributed by atoms with E-state index >= 15 is 0 Å². The standard InChI is InChI=1S/C17H25NO3.Na/c1-2-10-21-15-8-6-13(7-9-15)11-18-12-14-4-3-5-16(14)17(19)20;/h6-9,14,16,18H,2-5,10-12H2,1H3,(H,19,20);/q;+1/p-1/t14-,16-;/m1./s1. The summed E-state index contributed by atoms with van der Waals surface area (Å²) in [4.78, 5) is 11.0. The molecular formula is C17H24NNaO3. The maximum absolute atomic E-state index is 11.0. The number of rotatable bonds is 8. The molecule has 1 aromatic carbocycles.